The van der Waals surface area contributed by atoms with Crippen molar-refractivity contribution in [3.05, 3.63) is 30.2 Å². The van der Waals surface area contributed by atoms with Crippen molar-refractivity contribution in [3.8, 4) is 0 Å². The summed E-state index contributed by atoms with van der Waals surface area (Å²) in [6, 6.07) is 7.70. The molecule has 5 nitrogen and oxygen atoms in total. The summed E-state index contributed by atoms with van der Waals surface area (Å²) in [6.07, 6.45) is 0.882. The van der Waals surface area contributed by atoms with Crippen LogP contribution in [0.4, 0.5) is 0 Å². The van der Waals surface area contributed by atoms with Crippen LogP contribution in [0.15, 0.2) is 28.7 Å². The van der Waals surface area contributed by atoms with Crippen LogP contribution in [0, 0.1) is 0 Å². The first kappa shape index (κ1) is 13.5. The minimum absolute atomic E-state index is 0.00622. The molecule has 0 saturated carbocycles. The highest BCUT2D eigenvalue weighted by atomic mass is 16.4. The predicted molar refractivity (Wildman–Crippen MR) is 71.8 cm³/mol. The predicted octanol–water partition coefficient (Wildman–Crippen LogP) is 2.51. The number of aliphatic carboxylic acids is 1. The normalized spacial score (nSPS) is 13.0. The highest BCUT2D eigenvalue weighted by molar-refractivity contribution is 5.72. The van der Waals surface area contributed by atoms with Gasteiger partial charge in [0.15, 0.2) is 5.58 Å². The molecule has 5 heteroatoms. The average Bonchev–Trinajstić information content (AvgIpc) is 2.78. The zero-order valence-corrected chi connectivity index (χ0v) is 11.2. The molecular weight excluding hydrogens is 244 g/mol. The standard InChI is InChI=1S/C14H18N2O3/c1-3-10(2)16(9-14(17)18)8-13-15-11-6-4-5-7-12(11)19-13/h4-7,10H,3,8-9H2,1-2H3,(H,17,18). The van der Waals surface area contributed by atoms with Gasteiger partial charge in [0.25, 0.3) is 0 Å². The molecule has 0 spiro atoms. The van der Waals surface area contributed by atoms with Crippen molar-refractivity contribution in [2.75, 3.05) is 6.54 Å². The Morgan fingerprint density at radius 3 is 2.84 bits per heavy atom. The van der Waals surface area contributed by atoms with Crippen LogP contribution in [0.2, 0.25) is 0 Å². The van der Waals surface area contributed by atoms with E-state index in [1.165, 1.54) is 0 Å². The number of para-hydroxylation sites is 2. The molecule has 2 rings (SSSR count). The number of carboxylic acid groups (broad SMARTS) is 1. The molecule has 1 heterocycles. The van der Waals surface area contributed by atoms with Gasteiger partial charge in [-0.05, 0) is 25.5 Å². The fourth-order valence-electron chi connectivity index (χ4n) is 1.96. The molecule has 0 aliphatic rings. The molecule has 1 aromatic heterocycles. The Morgan fingerprint density at radius 1 is 1.47 bits per heavy atom. The maximum atomic E-state index is 10.9. The third-order valence-corrected chi connectivity index (χ3v) is 3.23. The molecule has 0 amide bonds. The van der Waals surface area contributed by atoms with Gasteiger partial charge >= 0.3 is 5.97 Å². The van der Waals surface area contributed by atoms with Crippen molar-refractivity contribution in [3.63, 3.8) is 0 Å². The second kappa shape index (κ2) is 5.84. The zero-order valence-electron chi connectivity index (χ0n) is 11.2. The highest BCUT2D eigenvalue weighted by Gasteiger charge is 2.18. The number of fused-ring (bicyclic) bond motifs is 1. The summed E-state index contributed by atoms with van der Waals surface area (Å²) in [7, 11) is 0. The van der Waals surface area contributed by atoms with Gasteiger partial charge in [0, 0.05) is 6.04 Å². The second-order valence-corrected chi connectivity index (χ2v) is 4.63. The molecule has 0 bridgehead atoms. The lowest BCUT2D eigenvalue weighted by Crippen LogP contribution is -2.36. The lowest BCUT2D eigenvalue weighted by Gasteiger charge is -2.24. The number of carbonyl (C=O) groups is 1. The number of benzene rings is 1. The van der Waals surface area contributed by atoms with E-state index in [1.54, 1.807) is 0 Å². The molecule has 1 unspecified atom stereocenters. The van der Waals surface area contributed by atoms with Crippen molar-refractivity contribution in [1.29, 1.82) is 0 Å². The van der Waals surface area contributed by atoms with Gasteiger partial charge in [-0.3, -0.25) is 9.69 Å². The SMILES string of the molecule is CCC(C)N(CC(=O)O)Cc1nc2ccccc2o1. The van der Waals surface area contributed by atoms with E-state index in [4.69, 9.17) is 9.52 Å². The van der Waals surface area contributed by atoms with Gasteiger partial charge in [-0.2, -0.15) is 0 Å². The fraction of sp³-hybridized carbons (Fsp3) is 0.429. The third kappa shape index (κ3) is 3.32. The summed E-state index contributed by atoms with van der Waals surface area (Å²) in [5.74, 6) is -0.279. The van der Waals surface area contributed by atoms with E-state index in [-0.39, 0.29) is 12.6 Å². The van der Waals surface area contributed by atoms with E-state index in [9.17, 15) is 4.79 Å². The quantitative estimate of drug-likeness (QED) is 0.866. The van der Waals surface area contributed by atoms with Gasteiger partial charge in [0.05, 0.1) is 13.1 Å². The number of carboxylic acids is 1. The van der Waals surface area contributed by atoms with Crippen LogP contribution in [0.3, 0.4) is 0 Å². The van der Waals surface area contributed by atoms with Crippen molar-refractivity contribution in [2.24, 2.45) is 0 Å². The van der Waals surface area contributed by atoms with E-state index in [2.05, 4.69) is 4.98 Å². The molecule has 1 atom stereocenters. The molecule has 19 heavy (non-hydrogen) atoms. The van der Waals surface area contributed by atoms with Crippen LogP contribution in [-0.2, 0) is 11.3 Å². The highest BCUT2D eigenvalue weighted by Crippen LogP contribution is 2.17. The van der Waals surface area contributed by atoms with Crippen LogP contribution in [0.1, 0.15) is 26.2 Å². The molecular formula is C14H18N2O3. The summed E-state index contributed by atoms with van der Waals surface area (Å²) in [4.78, 5) is 17.1. The van der Waals surface area contributed by atoms with E-state index >= 15 is 0 Å². The van der Waals surface area contributed by atoms with Crippen LogP contribution in [0.5, 0.6) is 0 Å². The van der Waals surface area contributed by atoms with Crippen molar-refractivity contribution in [2.45, 2.75) is 32.9 Å². The molecule has 2 aromatic rings. The Kier molecular flexibility index (Phi) is 4.16. The molecule has 0 aliphatic heterocycles. The lowest BCUT2D eigenvalue weighted by molar-refractivity contribution is -0.139. The van der Waals surface area contributed by atoms with Gasteiger partial charge < -0.3 is 9.52 Å². The summed E-state index contributed by atoms with van der Waals surface area (Å²) >= 11 is 0. The van der Waals surface area contributed by atoms with Gasteiger partial charge in [-0.15, -0.1) is 0 Å². The molecule has 0 saturated heterocycles. The monoisotopic (exact) mass is 262 g/mol. The average molecular weight is 262 g/mol. The van der Waals surface area contributed by atoms with Crippen LogP contribution in [0.25, 0.3) is 11.1 Å². The fourth-order valence-corrected chi connectivity index (χ4v) is 1.96. The number of hydrogen-bond donors (Lipinski definition) is 1. The van der Waals surface area contributed by atoms with Gasteiger partial charge in [0.1, 0.15) is 5.52 Å². The molecule has 0 radical (unpaired) electrons. The molecule has 1 aromatic carbocycles. The smallest absolute Gasteiger partial charge is 0.317 e. The van der Waals surface area contributed by atoms with Gasteiger partial charge in [-0.1, -0.05) is 19.1 Å². The first-order valence-corrected chi connectivity index (χ1v) is 6.40. The Labute approximate surface area is 111 Å². The van der Waals surface area contributed by atoms with Crippen molar-refractivity contribution < 1.29 is 14.3 Å². The van der Waals surface area contributed by atoms with Crippen LogP contribution >= 0.6 is 0 Å². The van der Waals surface area contributed by atoms with Crippen molar-refractivity contribution in [1.82, 2.24) is 9.88 Å². The van der Waals surface area contributed by atoms with E-state index < -0.39 is 5.97 Å². The van der Waals surface area contributed by atoms with Crippen LogP contribution in [-0.4, -0.2) is 33.5 Å². The summed E-state index contributed by atoms with van der Waals surface area (Å²) in [6.45, 7) is 4.45. The molecule has 0 fully saturated rings. The molecule has 1 N–H and O–H groups in total. The number of nitrogens with zero attached hydrogens (tertiary/aromatic N) is 2. The second-order valence-electron chi connectivity index (χ2n) is 4.63. The zero-order chi connectivity index (χ0) is 13.8. The number of aromatic nitrogens is 1. The summed E-state index contributed by atoms with van der Waals surface area (Å²) in [5, 5.41) is 8.95. The maximum absolute atomic E-state index is 10.9. The maximum Gasteiger partial charge on any atom is 0.317 e. The van der Waals surface area contributed by atoms with E-state index in [0.717, 1.165) is 17.5 Å². The minimum atomic E-state index is -0.837. The Hall–Kier alpha value is -1.88. The van der Waals surface area contributed by atoms with Crippen molar-refractivity contribution >= 4 is 17.1 Å². The molecule has 0 aliphatic carbocycles. The Bertz CT molecular complexity index is 532. The lowest BCUT2D eigenvalue weighted by atomic mass is 10.2. The number of rotatable bonds is 6. The summed E-state index contributed by atoms with van der Waals surface area (Å²) < 4.78 is 5.63. The third-order valence-electron chi connectivity index (χ3n) is 3.23. The topological polar surface area (TPSA) is 66.6 Å². The number of oxazole rings is 1. The van der Waals surface area contributed by atoms with Gasteiger partial charge in [-0.25, -0.2) is 4.98 Å². The van der Waals surface area contributed by atoms with Gasteiger partial charge in [0.2, 0.25) is 5.89 Å². The number of hydrogen-bond acceptors (Lipinski definition) is 4. The summed E-state index contributed by atoms with van der Waals surface area (Å²) in [5.41, 5.74) is 1.54. The van der Waals surface area contributed by atoms with Crippen LogP contribution < -0.4 is 0 Å². The first-order chi connectivity index (χ1) is 9.10. The largest absolute Gasteiger partial charge is 0.480 e. The van der Waals surface area contributed by atoms with E-state index in [1.807, 2.05) is 43.0 Å². The van der Waals surface area contributed by atoms with E-state index in [0.29, 0.717) is 12.4 Å². The minimum Gasteiger partial charge on any atom is -0.480 e. The molecule has 102 valence electrons. The first-order valence-electron chi connectivity index (χ1n) is 6.40. The Balaban J connectivity index is 2.17. The Morgan fingerprint density at radius 2 is 2.21 bits per heavy atom.